The Morgan fingerprint density at radius 2 is 1.88 bits per heavy atom. The van der Waals surface area contributed by atoms with Crippen molar-refractivity contribution in [3.63, 3.8) is 0 Å². The van der Waals surface area contributed by atoms with Crippen LogP contribution in [0.25, 0.3) is 0 Å². The summed E-state index contributed by atoms with van der Waals surface area (Å²) in [7, 11) is -4.00. The Bertz CT molecular complexity index is 1510. The van der Waals surface area contributed by atoms with Crippen molar-refractivity contribution in [1.82, 2.24) is 14.6 Å². The summed E-state index contributed by atoms with van der Waals surface area (Å²) < 4.78 is 29.3. The number of carbonyl (C=O) groups excluding carboxylic acids is 1. The summed E-state index contributed by atoms with van der Waals surface area (Å²) in [6.45, 7) is 2.30. The summed E-state index contributed by atoms with van der Waals surface area (Å²) in [6, 6.07) is 18.2. The summed E-state index contributed by atoms with van der Waals surface area (Å²) in [6.07, 6.45) is 3.88. The van der Waals surface area contributed by atoms with Gasteiger partial charge in [-0.3, -0.25) is 9.78 Å². The van der Waals surface area contributed by atoms with Crippen molar-refractivity contribution < 1.29 is 28.0 Å². The van der Waals surface area contributed by atoms with E-state index in [0.29, 0.717) is 6.42 Å². The second kappa shape index (κ2) is 11.2. The highest BCUT2D eigenvalue weighted by molar-refractivity contribution is 7.89. The summed E-state index contributed by atoms with van der Waals surface area (Å²) in [5, 5.41) is 13.3. The third-order valence-corrected chi connectivity index (χ3v) is 8.99. The van der Waals surface area contributed by atoms with E-state index in [-0.39, 0.29) is 42.4 Å². The molecule has 40 heavy (non-hydrogen) atoms. The Morgan fingerprint density at radius 1 is 1.12 bits per heavy atom. The summed E-state index contributed by atoms with van der Waals surface area (Å²) in [4.78, 5) is 37.4. The molecule has 1 aromatic heterocycles. The van der Waals surface area contributed by atoms with Gasteiger partial charge in [-0.1, -0.05) is 59.3 Å². The van der Waals surface area contributed by atoms with Crippen molar-refractivity contribution in [2.24, 2.45) is 5.16 Å². The van der Waals surface area contributed by atoms with Gasteiger partial charge in [0.25, 0.3) is 0 Å². The van der Waals surface area contributed by atoms with Gasteiger partial charge in [-0.2, -0.15) is 4.72 Å². The molecule has 1 fully saturated rings. The molecule has 0 saturated carbocycles. The lowest BCUT2D eigenvalue weighted by Gasteiger charge is -2.44. The van der Waals surface area contributed by atoms with Crippen LogP contribution >= 0.6 is 0 Å². The first kappa shape index (κ1) is 27.5. The molecule has 2 aliphatic rings. The average molecular weight is 563 g/mol. The van der Waals surface area contributed by atoms with E-state index < -0.39 is 33.6 Å². The molecule has 3 aromatic rings. The Morgan fingerprint density at radius 3 is 2.52 bits per heavy atom. The molecule has 1 saturated heterocycles. The molecule has 3 atom stereocenters. The number of aliphatic carboxylic acids is 1. The number of oxime groups is 1. The van der Waals surface area contributed by atoms with Crippen molar-refractivity contribution in [2.75, 3.05) is 13.1 Å². The fourth-order valence-electron chi connectivity index (χ4n) is 5.32. The van der Waals surface area contributed by atoms with Crippen LogP contribution in [0, 0.1) is 6.92 Å². The fraction of sp³-hybridized carbons (Fsp3) is 0.310. The summed E-state index contributed by atoms with van der Waals surface area (Å²) in [5.74, 6) is -1.94. The minimum atomic E-state index is -4.00. The van der Waals surface area contributed by atoms with Crippen molar-refractivity contribution in [3.8, 4) is 0 Å². The van der Waals surface area contributed by atoms with E-state index in [2.05, 4.69) is 14.9 Å². The molecule has 1 amide bonds. The molecule has 0 aliphatic carbocycles. The van der Waals surface area contributed by atoms with Crippen LogP contribution in [0.3, 0.4) is 0 Å². The second-order valence-corrected chi connectivity index (χ2v) is 11.9. The van der Waals surface area contributed by atoms with Crippen LogP contribution in [-0.4, -0.2) is 65.7 Å². The summed E-state index contributed by atoms with van der Waals surface area (Å²) in [5.41, 5.74) is 1.50. The zero-order chi connectivity index (χ0) is 28.3. The van der Waals surface area contributed by atoms with Crippen LogP contribution in [0.4, 0.5) is 0 Å². The molecule has 5 rings (SSSR count). The molecule has 0 bridgehead atoms. The first-order valence-corrected chi connectivity index (χ1v) is 14.5. The van der Waals surface area contributed by atoms with E-state index >= 15 is 0 Å². The molecule has 2 N–H and O–H groups in total. The zero-order valence-electron chi connectivity index (χ0n) is 21.9. The van der Waals surface area contributed by atoms with E-state index in [1.807, 2.05) is 43.3 Å². The van der Waals surface area contributed by atoms with Gasteiger partial charge in [-0.15, -0.1) is 0 Å². The van der Waals surface area contributed by atoms with E-state index in [1.165, 1.54) is 12.1 Å². The number of nitrogens with one attached hydrogen (secondary N) is 1. The minimum absolute atomic E-state index is 0.0681. The lowest BCUT2D eigenvalue weighted by atomic mass is 9.74. The number of aromatic nitrogens is 1. The van der Waals surface area contributed by atoms with Crippen molar-refractivity contribution in [3.05, 3.63) is 95.8 Å². The SMILES string of the molecule is Cc1ccc(S(=O)(=O)NC(Cc2ccccc2)C(=O)N2CCC3(CC(C(=O)O)=NO3)C(c3cccnc3)C2)cc1. The maximum Gasteiger partial charge on any atom is 0.353 e. The number of sulfonamides is 1. The van der Waals surface area contributed by atoms with Gasteiger partial charge in [0.1, 0.15) is 6.04 Å². The van der Waals surface area contributed by atoms with Gasteiger partial charge in [0.05, 0.1) is 4.90 Å². The summed E-state index contributed by atoms with van der Waals surface area (Å²) >= 11 is 0. The normalized spacial score (nSPS) is 21.5. The van der Waals surface area contributed by atoms with Crippen molar-refractivity contribution in [1.29, 1.82) is 0 Å². The maximum absolute atomic E-state index is 14.0. The molecule has 1 spiro atoms. The number of carboxylic acid groups (broad SMARTS) is 1. The first-order valence-electron chi connectivity index (χ1n) is 13.0. The monoisotopic (exact) mass is 562 g/mol. The standard InChI is InChI=1S/C29H30N4O6S/c1-20-9-11-23(12-10-20)40(37,38)32-25(16-21-6-3-2-4-7-21)27(34)33-15-13-29(17-26(28(35)36)31-39-29)24(19-33)22-8-5-14-30-18-22/h2-12,14,18,24-25,32H,13,15-17,19H2,1H3,(H,35,36). The number of rotatable bonds is 8. The lowest BCUT2D eigenvalue weighted by Crippen LogP contribution is -2.57. The van der Waals surface area contributed by atoms with Crippen LogP contribution in [0.1, 0.15) is 35.4 Å². The van der Waals surface area contributed by atoms with Crippen LogP contribution in [0.15, 0.2) is 89.2 Å². The molecule has 0 radical (unpaired) electrons. The highest BCUT2D eigenvalue weighted by Crippen LogP contribution is 2.44. The Hall–Kier alpha value is -4.09. The van der Waals surface area contributed by atoms with E-state index in [4.69, 9.17) is 4.84 Å². The molecule has 2 aromatic carbocycles. The van der Waals surface area contributed by atoms with Gasteiger partial charge < -0.3 is 14.8 Å². The van der Waals surface area contributed by atoms with Gasteiger partial charge in [-0.25, -0.2) is 13.2 Å². The quantitative estimate of drug-likeness (QED) is 0.431. The van der Waals surface area contributed by atoms with Gasteiger partial charge in [0, 0.05) is 44.2 Å². The molecular weight excluding hydrogens is 532 g/mol. The molecule has 2 aliphatic heterocycles. The van der Waals surface area contributed by atoms with Crippen LogP contribution in [0.5, 0.6) is 0 Å². The number of hydrogen-bond acceptors (Lipinski definition) is 7. The van der Waals surface area contributed by atoms with Crippen molar-refractivity contribution >= 4 is 27.6 Å². The number of carboxylic acids is 1. The fourth-order valence-corrected chi connectivity index (χ4v) is 6.51. The number of piperidine rings is 1. The molecule has 10 nitrogen and oxygen atoms in total. The van der Waals surface area contributed by atoms with E-state index in [9.17, 15) is 23.1 Å². The van der Waals surface area contributed by atoms with Crippen molar-refractivity contribution in [2.45, 2.75) is 48.6 Å². The Kier molecular flexibility index (Phi) is 7.68. The van der Waals surface area contributed by atoms with E-state index in [1.54, 1.807) is 35.5 Å². The highest BCUT2D eigenvalue weighted by Gasteiger charge is 2.52. The number of carbonyl (C=O) groups is 2. The van der Waals surface area contributed by atoms with Gasteiger partial charge in [0.15, 0.2) is 11.3 Å². The number of nitrogens with zero attached hydrogens (tertiary/aromatic N) is 3. The average Bonchev–Trinajstić information content (AvgIpc) is 3.38. The number of likely N-dealkylation sites (tertiary alicyclic amines) is 1. The number of hydrogen-bond donors (Lipinski definition) is 2. The molecular formula is C29H30N4O6S. The largest absolute Gasteiger partial charge is 0.477 e. The predicted molar refractivity (Wildman–Crippen MR) is 147 cm³/mol. The van der Waals surface area contributed by atoms with Gasteiger partial charge in [0.2, 0.25) is 15.9 Å². The first-order chi connectivity index (χ1) is 19.2. The molecule has 3 heterocycles. The zero-order valence-corrected chi connectivity index (χ0v) is 22.8. The Balaban J connectivity index is 1.43. The molecule has 11 heteroatoms. The topological polar surface area (TPSA) is 138 Å². The van der Waals surface area contributed by atoms with Gasteiger partial charge in [-0.05, 0) is 42.7 Å². The van der Waals surface area contributed by atoms with Crippen LogP contribution in [-0.2, 0) is 30.9 Å². The molecule has 208 valence electrons. The lowest BCUT2D eigenvalue weighted by molar-refractivity contribution is -0.140. The number of pyridine rings is 1. The third-order valence-electron chi connectivity index (χ3n) is 7.50. The number of aryl methyl sites for hydroxylation is 1. The number of amides is 1. The number of benzene rings is 2. The van der Waals surface area contributed by atoms with Crippen LogP contribution in [0.2, 0.25) is 0 Å². The predicted octanol–water partition coefficient (Wildman–Crippen LogP) is 2.90. The third kappa shape index (κ3) is 5.75. The Labute approximate surface area is 232 Å². The maximum atomic E-state index is 14.0. The second-order valence-electron chi connectivity index (χ2n) is 10.2. The molecule has 3 unspecified atom stereocenters. The van der Waals surface area contributed by atoms with Gasteiger partial charge >= 0.3 is 5.97 Å². The smallest absolute Gasteiger partial charge is 0.353 e. The van der Waals surface area contributed by atoms with E-state index in [0.717, 1.165) is 16.7 Å². The highest BCUT2D eigenvalue weighted by atomic mass is 32.2. The minimum Gasteiger partial charge on any atom is -0.477 e. The van der Waals surface area contributed by atoms with Crippen LogP contribution < -0.4 is 4.72 Å².